The highest BCUT2D eigenvalue weighted by atomic mass is 35.5. The Morgan fingerprint density at radius 1 is 0.972 bits per heavy atom. The number of halogens is 2. The molecule has 0 spiro atoms. The molecule has 1 N–H and O–H groups in total. The van der Waals surface area contributed by atoms with Crippen LogP contribution in [-0.4, -0.2) is 44.8 Å². The normalized spacial score (nSPS) is 12.0. The van der Waals surface area contributed by atoms with Crippen molar-refractivity contribution in [2.75, 3.05) is 17.9 Å². The van der Waals surface area contributed by atoms with Crippen LogP contribution in [0.2, 0.25) is 5.02 Å². The van der Waals surface area contributed by atoms with Gasteiger partial charge in [0.25, 0.3) is 10.0 Å². The van der Waals surface area contributed by atoms with E-state index in [1.165, 1.54) is 60.5 Å². The Bertz CT molecular complexity index is 1300. The molecule has 0 aliphatic rings. The van der Waals surface area contributed by atoms with E-state index in [2.05, 4.69) is 5.32 Å². The summed E-state index contributed by atoms with van der Waals surface area (Å²) >= 11 is 6.35. The van der Waals surface area contributed by atoms with Crippen LogP contribution in [-0.2, 0) is 26.2 Å². The fourth-order valence-electron chi connectivity index (χ4n) is 3.76. The number of benzene rings is 3. The third-order valence-corrected chi connectivity index (χ3v) is 7.72. The predicted molar refractivity (Wildman–Crippen MR) is 138 cm³/mol. The maximum absolute atomic E-state index is 13.7. The second-order valence-corrected chi connectivity index (χ2v) is 10.2. The summed E-state index contributed by atoms with van der Waals surface area (Å²) in [5.41, 5.74) is 0.716. The molecule has 0 heterocycles. The summed E-state index contributed by atoms with van der Waals surface area (Å²) in [6.45, 7) is 1.12. The summed E-state index contributed by atoms with van der Waals surface area (Å²) in [6.07, 6.45) is 0.282. The minimum Gasteiger partial charge on any atom is -0.357 e. The van der Waals surface area contributed by atoms with Crippen molar-refractivity contribution in [3.05, 3.63) is 95.3 Å². The van der Waals surface area contributed by atoms with Crippen molar-refractivity contribution in [2.24, 2.45) is 0 Å². The Hall–Kier alpha value is -3.43. The predicted octanol–water partition coefficient (Wildman–Crippen LogP) is 4.23. The average Bonchev–Trinajstić information content (AvgIpc) is 2.89. The van der Waals surface area contributed by atoms with Crippen molar-refractivity contribution in [1.82, 2.24) is 10.2 Å². The smallest absolute Gasteiger partial charge is 0.264 e. The molecule has 0 aliphatic carbocycles. The van der Waals surface area contributed by atoms with Gasteiger partial charge in [0.15, 0.2) is 0 Å². The summed E-state index contributed by atoms with van der Waals surface area (Å²) in [5.74, 6) is -1.45. The van der Waals surface area contributed by atoms with Gasteiger partial charge in [-0.3, -0.25) is 13.9 Å². The van der Waals surface area contributed by atoms with E-state index in [9.17, 15) is 22.4 Å². The molecule has 1 atom stereocenters. The molecular weight excluding hydrogens is 505 g/mol. The van der Waals surface area contributed by atoms with Gasteiger partial charge in [-0.05, 0) is 48.4 Å². The van der Waals surface area contributed by atoms with E-state index in [0.29, 0.717) is 5.56 Å². The summed E-state index contributed by atoms with van der Waals surface area (Å²) in [6, 6.07) is 18.7. The molecule has 0 aliphatic heterocycles. The highest BCUT2D eigenvalue weighted by Gasteiger charge is 2.34. The van der Waals surface area contributed by atoms with Crippen LogP contribution in [0.25, 0.3) is 0 Å². The number of hydrogen-bond acceptors (Lipinski definition) is 4. The Labute approximate surface area is 215 Å². The zero-order chi connectivity index (χ0) is 26.3. The lowest BCUT2D eigenvalue weighted by Gasteiger charge is -2.33. The Balaban J connectivity index is 2.05. The summed E-state index contributed by atoms with van der Waals surface area (Å²) in [4.78, 5) is 27.7. The largest absolute Gasteiger partial charge is 0.357 e. The van der Waals surface area contributed by atoms with E-state index in [1.807, 2.05) is 0 Å². The topological polar surface area (TPSA) is 86.8 Å². The van der Waals surface area contributed by atoms with Gasteiger partial charge in [0.1, 0.15) is 18.4 Å². The first-order valence-corrected chi connectivity index (χ1v) is 13.1. The van der Waals surface area contributed by atoms with Crippen LogP contribution in [0.15, 0.2) is 83.8 Å². The number of carbonyl (C=O) groups excluding carboxylic acids is 2. The summed E-state index contributed by atoms with van der Waals surface area (Å²) in [7, 11) is -2.73. The number of rotatable bonds is 10. The lowest BCUT2D eigenvalue weighted by molar-refractivity contribution is -0.140. The van der Waals surface area contributed by atoms with Crippen LogP contribution in [0, 0.1) is 5.82 Å². The zero-order valence-corrected chi connectivity index (χ0v) is 21.5. The van der Waals surface area contributed by atoms with Crippen LogP contribution in [0.1, 0.15) is 18.9 Å². The summed E-state index contributed by atoms with van der Waals surface area (Å²) < 4.78 is 41.7. The number of nitrogens with one attached hydrogen (secondary N) is 1. The van der Waals surface area contributed by atoms with Crippen LogP contribution in [0.5, 0.6) is 0 Å². The standard InChI is InChI=1S/C26H27ClFN3O4S/c1-3-23(26(33)29-2)30(17-19-13-15-20(28)16-14-19)25(32)18-31(24-12-8-7-11-22(24)27)36(34,35)21-9-5-4-6-10-21/h4-16,23H,3,17-18H2,1-2H3,(H,29,33). The number of carbonyl (C=O) groups is 2. The molecule has 0 radical (unpaired) electrons. The second kappa shape index (κ2) is 12.0. The molecule has 3 aromatic rings. The molecule has 3 aromatic carbocycles. The van der Waals surface area contributed by atoms with Gasteiger partial charge in [-0.15, -0.1) is 0 Å². The van der Waals surface area contributed by atoms with Crippen molar-refractivity contribution in [2.45, 2.75) is 30.8 Å². The first-order valence-electron chi connectivity index (χ1n) is 11.3. The van der Waals surface area contributed by atoms with Crippen molar-refractivity contribution < 1.29 is 22.4 Å². The van der Waals surface area contributed by atoms with E-state index < -0.39 is 40.2 Å². The van der Waals surface area contributed by atoms with Crippen LogP contribution >= 0.6 is 11.6 Å². The Morgan fingerprint density at radius 2 is 1.58 bits per heavy atom. The van der Waals surface area contributed by atoms with Gasteiger partial charge < -0.3 is 10.2 Å². The number of para-hydroxylation sites is 1. The number of likely N-dealkylation sites (N-methyl/N-ethyl adjacent to an activating group) is 1. The highest BCUT2D eigenvalue weighted by molar-refractivity contribution is 7.92. The molecule has 36 heavy (non-hydrogen) atoms. The molecule has 0 saturated heterocycles. The molecular formula is C26H27ClFN3O4S. The highest BCUT2D eigenvalue weighted by Crippen LogP contribution is 2.30. The first kappa shape index (κ1) is 27.2. The SMILES string of the molecule is CCC(C(=O)NC)N(Cc1ccc(F)cc1)C(=O)CN(c1ccccc1Cl)S(=O)(=O)c1ccccc1. The van der Waals surface area contributed by atoms with Crippen molar-refractivity contribution in [3.8, 4) is 0 Å². The fourth-order valence-corrected chi connectivity index (χ4v) is 5.50. The molecule has 0 bridgehead atoms. The molecule has 10 heteroatoms. The summed E-state index contributed by atoms with van der Waals surface area (Å²) in [5, 5.41) is 2.70. The van der Waals surface area contributed by atoms with E-state index in [0.717, 1.165) is 4.31 Å². The molecule has 2 amide bonds. The van der Waals surface area contributed by atoms with Gasteiger partial charge in [0.2, 0.25) is 11.8 Å². The molecule has 0 saturated carbocycles. The molecule has 1 unspecified atom stereocenters. The number of amides is 2. The number of nitrogens with zero attached hydrogens (tertiary/aromatic N) is 2. The third-order valence-electron chi connectivity index (χ3n) is 5.63. The van der Waals surface area contributed by atoms with Gasteiger partial charge in [0.05, 0.1) is 15.6 Å². The maximum atomic E-state index is 13.7. The second-order valence-electron chi connectivity index (χ2n) is 7.96. The monoisotopic (exact) mass is 531 g/mol. The van der Waals surface area contributed by atoms with Crippen molar-refractivity contribution in [3.63, 3.8) is 0 Å². The van der Waals surface area contributed by atoms with E-state index in [-0.39, 0.29) is 28.6 Å². The molecule has 0 fully saturated rings. The Morgan fingerprint density at radius 3 is 2.17 bits per heavy atom. The number of sulfonamides is 1. The van der Waals surface area contributed by atoms with E-state index in [1.54, 1.807) is 37.3 Å². The van der Waals surface area contributed by atoms with Gasteiger partial charge in [-0.2, -0.15) is 0 Å². The number of anilines is 1. The van der Waals surface area contributed by atoms with Gasteiger partial charge in [0, 0.05) is 13.6 Å². The quantitative estimate of drug-likeness (QED) is 0.424. The lowest BCUT2D eigenvalue weighted by atomic mass is 10.1. The van der Waals surface area contributed by atoms with Crippen molar-refractivity contribution in [1.29, 1.82) is 0 Å². The van der Waals surface area contributed by atoms with Crippen molar-refractivity contribution >= 4 is 39.1 Å². The van der Waals surface area contributed by atoms with Crippen LogP contribution in [0.3, 0.4) is 0 Å². The van der Waals surface area contributed by atoms with E-state index >= 15 is 0 Å². The molecule has 7 nitrogen and oxygen atoms in total. The third kappa shape index (κ3) is 6.22. The zero-order valence-electron chi connectivity index (χ0n) is 19.9. The molecule has 3 rings (SSSR count). The lowest BCUT2D eigenvalue weighted by Crippen LogP contribution is -2.51. The Kier molecular flexibility index (Phi) is 9.06. The van der Waals surface area contributed by atoms with Gasteiger partial charge >= 0.3 is 0 Å². The van der Waals surface area contributed by atoms with Crippen LogP contribution in [0.4, 0.5) is 10.1 Å². The minimum atomic E-state index is -4.19. The molecule has 0 aromatic heterocycles. The van der Waals surface area contributed by atoms with Gasteiger partial charge in [-0.25, -0.2) is 12.8 Å². The average molecular weight is 532 g/mol. The maximum Gasteiger partial charge on any atom is 0.264 e. The minimum absolute atomic E-state index is 0.0128. The number of hydrogen-bond donors (Lipinski definition) is 1. The van der Waals surface area contributed by atoms with Crippen LogP contribution < -0.4 is 9.62 Å². The molecule has 190 valence electrons. The van der Waals surface area contributed by atoms with E-state index in [4.69, 9.17) is 11.6 Å². The fraction of sp³-hybridized carbons (Fsp3) is 0.231. The van der Waals surface area contributed by atoms with Gasteiger partial charge in [-0.1, -0.05) is 61.0 Å². The first-order chi connectivity index (χ1) is 17.2.